The van der Waals surface area contributed by atoms with Crippen LogP contribution in [0.2, 0.25) is 0 Å². The number of nitrogens with one attached hydrogen (secondary N) is 1. The highest BCUT2D eigenvalue weighted by molar-refractivity contribution is 5.52. The largest absolute Gasteiger partial charge is 0.339 e. The van der Waals surface area contributed by atoms with Crippen molar-refractivity contribution >= 4 is 0 Å². The third kappa shape index (κ3) is 2.51. The summed E-state index contributed by atoms with van der Waals surface area (Å²) in [6, 6.07) is 4.26. The van der Waals surface area contributed by atoms with Gasteiger partial charge in [-0.2, -0.15) is 4.98 Å². The Morgan fingerprint density at radius 1 is 1.32 bits per heavy atom. The lowest BCUT2D eigenvalue weighted by atomic mass is 10.0. The van der Waals surface area contributed by atoms with E-state index in [1.807, 2.05) is 12.1 Å². The number of hydrogen-bond donors (Lipinski definition) is 1. The maximum Gasteiger partial charge on any atom is 0.231 e. The van der Waals surface area contributed by atoms with Crippen LogP contribution >= 0.6 is 0 Å². The summed E-state index contributed by atoms with van der Waals surface area (Å²) in [5, 5.41) is 7.59. The Hall–Kier alpha value is -1.75. The molecule has 19 heavy (non-hydrogen) atoms. The van der Waals surface area contributed by atoms with Gasteiger partial charge in [-0.05, 0) is 31.5 Å². The molecule has 1 fully saturated rings. The van der Waals surface area contributed by atoms with Gasteiger partial charge in [0.1, 0.15) is 0 Å². The van der Waals surface area contributed by atoms with Gasteiger partial charge < -0.3 is 9.84 Å². The topological polar surface area (TPSA) is 63.8 Å². The van der Waals surface area contributed by atoms with E-state index in [9.17, 15) is 0 Å². The minimum absolute atomic E-state index is 0.350. The Bertz CT molecular complexity index is 525. The summed E-state index contributed by atoms with van der Waals surface area (Å²) in [6.07, 6.45) is 7.00. The van der Waals surface area contributed by atoms with Crippen molar-refractivity contribution in [1.82, 2.24) is 20.4 Å². The molecule has 0 aromatic carbocycles. The fraction of sp³-hybridized carbons (Fsp3) is 0.500. The predicted octanol–water partition coefficient (Wildman–Crippen LogP) is 2.38. The van der Waals surface area contributed by atoms with Crippen molar-refractivity contribution in [3.8, 4) is 11.4 Å². The van der Waals surface area contributed by atoms with E-state index >= 15 is 0 Å². The number of rotatable bonds is 4. The highest BCUT2D eigenvalue weighted by Gasteiger charge is 2.32. The maximum atomic E-state index is 5.46. The van der Waals surface area contributed by atoms with Gasteiger partial charge in [0.25, 0.3) is 0 Å². The lowest BCUT2D eigenvalue weighted by molar-refractivity contribution is 0.332. The SMILES string of the molecule is CCNC1CCCC1c1nc(-c2ccncc2)no1. The molecule has 2 aromatic heterocycles. The molecule has 0 radical (unpaired) electrons. The van der Waals surface area contributed by atoms with Crippen LogP contribution < -0.4 is 5.32 Å². The van der Waals surface area contributed by atoms with Gasteiger partial charge in [0.05, 0.1) is 5.92 Å². The Kier molecular flexibility index (Phi) is 3.55. The number of likely N-dealkylation sites (N-methyl/N-ethyl adjacent to an activating group) is 1. The fourth-order valence-electron chi connectivity index (χ4n) is 2.77. The van der Waals surface area contributed by atoms with Crippen molar-refractivity contribution in [3.63, 3.8) is 0 Å². The summed E-state index contributed by atoms with van der Waals surface area (Å²) in [7, 11) is 0. The average molecular weight is 258 g/mol. The van der Waals surface area contributed by atoms with Crippen molar-refractivity contribution in [2.45, 2.75) is 38.1 Å². The first-order valence-electron chi connectivity index (χ1n) is 6.86. The lowest BCUT2D eigenvalue weighted by Crippen LogP contribution is -2.31. The van der Waals surface area contributed by atoms with Gasteiger partial charge >= 0.3 is 0 Å². The molecule has 100 valence electrons. The minimum Gasteiger partial charge on any atom is -0.339 e. The van der Waals surface area contributed by atoms with Crippen LogP contribution in [0.15, 0.2) is 29.0 Å². The maximum absolute atomic E-state index is 5.46. The third-order valence-corrected chi connectivity index (χ3v) is 3.68. The van der Waals surface area contributed by atoms with E-state index in [0.717, 1.165) is 24.4 Å². The monoisotopic (exact) mass is 258 g/mol. The van der Waals surface area contributed by atoms with Gasteiger partial charge in [0.2, 0.25) is 11.7 Å². The van der Waals surface area contributed by atoms with E-state index in [0.29, 0.717) is 17.8 Å². The van der Waals surface area contributed by atoms with Crippen LogP contribution in [0, 0.1) is 0 Å². The van der Waals surface area contributed by atoms with Gasteiger partial charge in [-0.1, -0.05) is 18.5 Å². The van der Waals surface area contributed by atoms with Gasteiger partial charge in [-0.15, -0.1) is 0 Å². The molecule has 2 unspecified atom stereocenters. The number of aromatic nitrogens is 3. The van der Waals surface area contributed by atoms with Gasteiger partial charge in [0.15, 0.2) is 0 Å². The van der Waals surface area contributed by atoms with E-state index in [4.69, 9.17) is 4.52 Å². The Morgan fingerprint density at radius 3 is 2.95 bits per heavy atom. The summed E-state index contributed by atoms with van der Waals surface area (Å²) in [4.78, 5) is 8.54. The summed E-state index contributed by atoms with van der Waals surface area (Å²) in [6.45, 7) is 3.11. The molecule has 1 N–H and O–H groups in total. The van der Waals surface area contributed by atoms with Crippen LogP contribution in [0.3, 0.4) is 0 Å². The second kappa shape index (κ2) is 5.48. The smallest absolute Gasteiger partial charge is 0.231 e. The van der Waals surface area contributed by atoms with E-state index in [1.54, 1.807) is 12.4 Å². The summed E-state index contributed by atoms with van der Waals surface area (Å²) >= 11 is 0. The fourth-order valence-corrected chi connectivity index (χ4v) is 2.77. The first kappa shape index (κ1) is 12.3. The number of pyridine rings is 1. The molecule has 2 heterocycles. The summed E-state index contributed by atoms with van der Waals surface area (Å²) in [5.41, 5.74) is 0.947. The zero-order chi connectivity index (χ0) is 13.1. The van der Waals surface area contributed by atoms with Gasteiger partial charge in [0, 0.05) is 24.0 Å². The normalized spacial score (nSPS) is 22.8. The van der Waals surface area contributed by atoms with Crippen molar-refractivity contribution in [3.05, 3.63) is 30.4 Å². The molecule has 0 aliphatic heterocycles. The molecule has 0 saturated heterocycles. The van der Waals surface area contributed by atoms with Crippen molar-refractivity contribution in [2.75, 3.05) is 6.54 Å². The van der Waals surface area contributed by atoms with Crippen molar-refractivity contribution in [1.29, 1.82) is 0 Å². The van der Waals surface area contributed by atoms with Crippen molar-refractivity contribution < 1.29 is 4.52 Å². The molecule has 1 aliphatic rings. The highest BCUT2D eigenvalue weighted by atomic mass is 16.5. The predicted molar refractivity (Wildman–Crippen MR) is 71.6 cm³/mol. The van der Waals surface area contributed by atoms with E-state index < -0.39 is 0 Å². The Morgan fingerprint density at radius 2 is 2.16 bits per heavy atom. The average Bonchev–Trinajstić information content (AvgIpc) is 3.08. The minimum atomic E-state index is 0.350. The quantitative estimate of drug-likeness (QED) is 0.912. The van der Waals surface area contributed by atoms with Crippen LogP contribution in [0.1, 0.15) is 38.0 Å². The summed E-state index contributed by atoms with van der Waals surface area (Å²) < 4.78 is 5.46. The molecule has 2 atom stereocenters. The zero-order valence-electron chi connectivity index (χ0n) is 11.0. The van der Waals surface area contributed by atoms with Gasteiger partial charge in [-0.25, -0.2) is 0 Å². The molecule has 0 spiro atoms. The molecular weight excluding hydrogens is 240 g/mol. The van der Waals surface area contributed by atoms with Crippen molar-refractivity contribution in [2.24, 2.45) is 0 Å². The number of nitrogens with zero attached hydrogens (tertiary/aromatic N) is 3. The summed E-state index contributed by atoms with van der Waals surface area (Å²) in [5.74, 6) is 1.76. The molecule has 5 nitrogen and oxygen atoms in total. The molecule has 5 heteroatoms. The van der Waals surface area contributed by atoms with E-state index in [2.05, 4.69) is 27.4 Å². The molecule has 3 rings (SSSR count). The van der Waals surface area contributed by atoms with Gasteiger partial charge in [-0.3, -0.25) is 4.98 Å². The molecule has 1 aliphatic carbocycles. The first-order valence-corrected chi connectivity index (χ1v) is 6.86. The van der Waals surface area contributed by atoms with Crippen LogP contribution in [0.25, 0.3) is 11.4 Å². The molecular formula is C14H18N4O. The molecule has 1 saturated carbocycles. The van der Waals surface area contributed by atoms with Crippen LogP contribution in [0.4, 0.5) is 0 Å². The second-order valence-corrected chi connectivity index (χ2v) is 4.89. The lowest BCUT2D eigenvalue weighted by Gasteiger charge is -2.16. The van der Waals surface area contributed by atoms with Crippen LogP contribution in [-0.2, 0) is 0 Å². The molecule has 0 bridgehead atoms. The first-order chi connectivity index (χ1) is 9.38. The second-order valence-electron chi connectivity index (χ2n) is 4.89. The molecule has 0 amide bonds. The standard InChI is InChI=1S/C14H18N4O/c1-2-16-12-5-3-4-11(12)14-17-13(18-19-14)10-6-8-15-9-7-10/h6-9,11-12,16H,2-5H2,1H3. The highest BCUT2D eigenvalue weighted by Crippen LogP contribution is 2.34. The number of hydrogen-bond acceptors (Lipinski definition) is 5. The Labute approximate surface area is 112 Å². The van der Waals surface area contributed by atoms with E-state index in [1.165, 1.54) is 12.8 Å². The third-order valence-electron chi connectivity index (χ3n) is 3.68. The molecule has 2 aromatic rings. The van der Waals surface area contributed by atoms with Crippen LogP contribution in [-0.4, -0.2) is 27.7 Å². The Balaban J connectivity index is 1.81. The van der Waals surface area contributed by atoms with Crippen LogP contribution in [0.5, 0.6) is 0 Å². The zero-order valence-corrected chi connectivity index (χ0v) is 11.0. The van der Waals surface area contributed by atoms with E-state index in [-0.39, 0.29) is 0 Å².